The summed E-state index contributed by atoms with van der Waals surface area (Å²) in [6.07, 6.45) is 3.69. The van der Waals surface area contributed by atoms with Crippen molar-refractivity contribution < 1.29 is 4.74 Å². The Kier molecular flexibility index (Phi) is 6.83. The molecule has 1 heterocycles. The Labute approximate surface area is 122 Å². The highest BCUT2D eigenvalue weighted by Gasteiger charge is 2.27. The molecule has 1 aromatic rings. The summed E-state index contributed by atoms with van der Waals surface area (Å²) < 4.78 is 7.21. The van der Waals surface area contributed by atoms with Gasteiger partial charge in [-0.1, -0.05) is 0 Å². The van der Waals surface area contributed by atoms with Crippen molar-refractivity contribution >= 4 is 12.4 Å². The van der Waals surface area contributed by atoms with Crippen LogP contribution < -0.4 is 5.32 Å². The maximum atomic E-state index is 5.04. The standard InChI is InChI=1S/C14H25N3O.ClH/c1-11(2)17-13(10-15-7-4-8-18-3)9-14(16-17)12-5-6-12;/h9,11-12,15H,4-8,10H2,1-3H3;1H. The van der Waals surface area contributed by atoms with E-state index in [0.717, 1.165) is 32.0 Å². The van der Waals surface area contributed by atoms with Crippen molar-refractivity contribution in [1.82, 2.24) is 15.1 Å². The first-order valence-corrected chi connectivity index (χ1v) is 7.00. The fourth-order valence-corrected chi connectivity index (χ4v) is 2.17. The Hall–Kier alpha value is -0.580. The van der Waals surface area contributed by atoms with E-state index >= 15 is 0 Å². The lowest BCUT2D eigenvalue weighted by molar-refractivity contribution is 0.194. The largest absolute Gasteiger partial charge is 0.385 e. The predicted molar refractivity (Wildman–Crippen MR) is 80.0 cm³/mol. The van der Waals surface area contributed by atoms with Gasteiger partial charge in [0.05, 0.1) is 11.4 Å². The lowest BCUT2D eigenvalue weighted by Gasteiger charge is -2.11. The Morgan fingerprint density at radius 3 is 2.79 bits per heavy atom. The molecule has 1 aliphatic carbocycles. The highest BCUT2D eigenvalue weighted by Crippen LogP contribution is 2.39. The minimum Gasteiger partial charge on any atom is -0.385 e. The first-order chi connectivity index (χ1) is 8.72. The molecule has 1 aromatic heterocycles. The zero-order valence-electron chi connectivity index (χ0n) is 12.2. The Morgan fingerprint density at radius 2 is 2.21 bits per heavy atom. The summed E-state index contributed by atoms with van der Waals surface area (Å²) in [6.45, 7) is 7.11. The summed E-state index contributed by atoms with van der Waals surface area (Å²) in [5.74, 6) is 0.734. The van der Waals surface area contributed by atoms with Crippen molar-refractivity contribution in [3.8, 4) is 0 Å². The molecule has 0 atom stereocenters. The van der Waals surface area contributed by atoms with Crippen molar-refractivity contribution in [2.45, 2.75) is 51.6 Å². The Bertz CT molecular complexity index is 375. The minimum absolute atomic E-state index is 0. The van der Waals surface area contributed by atoms with Crippen molar-refractivity contribution in [2.75, 3.05) is 20.3 Å². The summed E-state index contributed by atoms with van der Waals surface area (Å²) in [7, 11) is 1.75. The number of ether oxygens (including phenoxy) is 1. The van der Waals surface area contributed by atoms with Gasteiger partial charge < -0.3 is 10.1 Å². The topological polar surface area (TPSA) is 39.1 Å². The van der Waals surface area contributed by atoms with Crippen LogP contribution in [0, 0.1) is 0 Å². The molecule has 0 radical (unpaired) electrons. The van der Waals surface area contributed by atoms with E-state index in [0.29, 0.717) is 6.04 Å². The van der Waals surface area contributed by atoms with Crippen LogP contribution in [-0.2, 0) is 11.3 Å². The van der Waals surface area contributed by atoms with Gasteiger partial charge in [0.15, 0.2) is 0 Å². The van der Waals surface area contributed by atoms with Crippen LogP contribution in [-0.4, -0.2) is 30.0 Å². The van der Waals surface area contributed by atoms with Crippen molar-refractivity contribution in [3.63, 3.8) is 0 Å². The monoisotopic (exact) mass is 287 g/mol. The maximum Gasteiger partial charge on any atom is 0.0659 e. The third-order valence-electron chi connectivity index (χ3n) is 3.32. The van der Waals surface area contributed by atoms with Crippen LogP contribution in [0.4, 0.5) is 0 Å². The van der Waals surface area contributed by atoms with Gasteiger partial charge >= 0.3 is 0 Å². The fourth-order valence-electron chi connectivity index (χ4n) is 2.17. The van der Waals surface area contributed by atoms with Crippen molar-refractivity contribution in [2.24, 2.45) is 0 Å². The summed E-state index contributed by atoms with van der Waals surface area (Å²) >= 11 is 0. The molecule has 4 nitrogen and oxygen atoms in total. The normalized spacial score (nSPS) is 14.7. The SMILES string of the molecule is COCCCNCc1cc(C2CC2)nn1C(C)C.Cl. The molecule has 1 aliphatic rings. The summed E-state index contributed by atoms with van der Waals surface area (Å²) in [5.41, 5.74) is 2.60. The first-order valence-electron chi connectivity index (χ1n) is 7.00. The van der Waals surface area contributed by atoms with Crippen LogP contribution in [0.3, 0.4) is 0 Å². The second-order valence-corrected chi connectivity index (χ2v) is 5.40. The van der Waals surface area contributed by atoms with Gasteiger partial charge in [-0.2, -0.15) is 5.10 Å². The number of nitrogens with one attached hydrogen (secondary N) is 1. The maximum absolute atomic E-state index is 5.04. The van der Waals surface area contributed by atoms with Gasteiger partial charge in [0.25, 0.3) is 0 Å². The lowest BCUT2D eigenvalue weighted by Crippen LogP contribution is -2.19. The summed E-state index contributed by atoms with van der Waals surface area (Å²) in [6, 6.07) is 2.72. The molecule has 2 rings (SSSR count). The predicted octanol–water partition coefficient (Wildman–Crippen LogP) is 2.89. The van der Waals surface area contributed by atoms with E-state index < -0.39 is 0 Å². The van der Waals surface area contributed by atoms with Gasteiger partial charge in [0, 0.05) is 32.2 Å². The molecule has 1 fully saturated rings. The van der Waals surface area contributed by atoms with E-state index in [-0.39, 0.29) is 12.4 Å². The van der Waals surface area contributed by atoms with Gasteiger partial charge in [-0.25, -0.2) is 0 Å². The lowest BCUT2D eigenvalue weighted by atomic mass is 10.2. The molecule has 0 spiro atoms. The molecule has 1 saturated carbocycles. The van der Waals surface area contributed by atoms with E-state index in [1.54, 1.807) is 7.11 Å². The van der Waals surface area contributed by atoms with Crippen LogP contribution in [0.1, 0.15) is 56.5 Å². The summed E-state index contributed by atoms with van der Waals surface area (Å²) in [4.78, 5) is 0. The number of rotatable bonds is 8. The summed E-state index contributed by atoms with van der Waals surface area (Å²) in [5, 5.41) is 8.20. The van der Waals surface area contributed by atoms with Crippen LogP contribution in [0.5, 0.6) is 0 Å². The number of aromatic nitrogens is 2. The molecule has 0 bridgehead atoms. The zero-order valence-corrected chi connectivity index (χ0v) is 13.0. The molecule has 19 heavy (non-hydrogen) atoms. The highest BCUT2D eigenvalue weighted by atomic mass is 35.5. The van der Waals surface area contributed by atoms with Crippen LogP contribution >= 0.6 is 12.4 Å². The van der Waals surface area contributed by atoms with E-state index in [1.807, 2.05) is 0 Å². The molecule has 0 saturated heterocycles. The second kappa shape index (κ2) is 7.88. The average Bonchev–Trinajstić information content (AvgIpc) is 3.10. The smallest absolute Gasteiger partial charge is 0.0659 e. The van der Waals surface area contributed by atoms with Crippen LogP contribution in [0.15, 0.2) is 6.07 Å². The average molecular weight is 288 g/mol. The molecular weight excluding hydrogens is 262 g/mol. The van der Waals surface area contributed by atoms with E-state index in [2.05, 4.69) is 29.9 Å². The van der Waals surface area contributed by atoms with Gasteiger partial charge in [0.2, 0.25) is 0 Å². The van der Waals surface area contributed by atoms with Crippen molar-refractivity contribution in [1.29, 1.82) is 0 Å². The fraction of sp³-hybridized carbons (Fsp3) is 0.786. The van der Waals surface area contributed by atoms with Gasteiger partial charge in [0.1, 0.15) is 0 Å². The molecule has 0 aliphatic heterocycles. The highest BCUT2D eigenvalue weighted by molar-refractivity contribution is 5.85. The first kappa shape index (κ1) is 16.5. The van der Waals surface area contributed by atoms with E-state index in [4.69, 9.17) is 9.84 Å². The Morgan fingerprint density at radius 1 is 1.47 bits per heavy atom. The quantitative estimate of drug-likeness (QED) is 0.747. The number of hydrogen-bond acceptors (Lipinski definition) is 3. The zero-order chi connectivity index (χ0) is 13.0. The number of methoxy groups -OCH3 is 1. The van der Waals surface area contributed by atoms with Crippen molar-refractivity contribution in [3.05, 3.63) is 17.5 Å². The second-order valence-electron chi connectivity index (χ2n) is 5.40. The van der Waals surface area contributed by atoms with Crippen LogP contribution in [0.25, 0.3) is 0 Å². The number of nitrogens with zero attached hydrogens (tertiary/aromatic N) is 2. The van der Waals surface area contributed by atoms with Gasteiger partial charge in [-0.15, -0.1) is 12.4 Å². The molecular formula is C14H26ClN3O. The van der Waals surface area contributed by atoms with E-state index in [9.17, 15) is 0 Å². The van der Waals surface area contributed by atoms with Crippen LogP contribution in [0.2, 0.25) is 0 Å². The molecule has 110 valence electrons. The van der Waals surface area contributed by atoms with Gasteiger partial charge in [-0.05, 0) is 45.7 Å². The third-order valence-corrected chi connectivity index (χ3v) is 3.32. The molecule has 5 heteroatoms. The van der Waals surface area contributed by atoms with E-state index in [1.165, 1.54) is 24.2 Å². The molecule has 1 N–H and O–H groups in total. The Balaban J connectivity index is 0.00000180. The molecule has 0 aromatic carbocycles. The number of halogens is 1. The number of hydrogen-bond donors (Lipinski definition) is 1. The third kappa shape index (κ3) is 4.79. The van der Waals surface area contributed by atoms with Gasteiger partial charge in [-0.3, -0.25) is 4.68 Å². The molecule has 0 amide bonds. The molecule has 0 unspecified atom stereocenters. The minimum atomic E-state index is 0.